The molecule has 0 aromatic rings. The number of aliphatic hydroxyl groups is 1. The summed E-state index contributed by atoms with van der Waals surface area (Å²) in [6.45, 7) is 6.68. The maximum absolute atomic E-state index is 9.25. The molecule has 0 spiro atoms. The van der Waals surface area contributed by atoms with Gasteiger partial charge in [0.15, 0.2) is 0 Å². The van der Waals surface area contributed by atoms with Crippen LogP contribution in [0.3, 0.4) is 0 Å². The van der Waals surface area contributed by atoms with Gasteiger partial charge in [-0.05, 0) is 38.8 Å². The summed E-state index contributed by atoms with van der Waals surface area (Å²) in [6, 6.07) is 0.580. The zero-order valence-corrected chi connectivity index (χ0v) is 9.50. The Hall–Kier alpha value is -0.120. The number of hydrogen-bond acceptors (Lipinski definition) is 3. The third kappa shape index (κ3) is 2.69. The topological polar surface area (TPSA) is 49.5 Å². The minimum absolute atomic E-state index is 0.130. The lowest BCUT2D eigenvalue weighted by Gasteiger charge is -2.41. The van der Waals surface area contributed by atoms with Crippen LogP contribution in [0.25, 0.3) is 0 Å². The van der Waals surface area contributed by atoms with E-state index in [1.165, 1.54) is 6.42 Å². The Kier molecular flexibility index (Phi) is 4.35. The smallest absolute Gasteiger partial charge is 0.0611 e. The van der Waals surface area contributed by atoms with E-state index in [1.54, 1.807) is 0 Å². The number of aliphatic hydroxyl groups excluding tert-OH is 1. The van der Waals surface area contributed by atoms with Gasteiger partial charge in [0.25, 0.3) is 0 Å². The van der Waals surface area contributed by atoms with Crippen LogP contribution in [0.1, 0.15) is 39.5 Å². The minimum Gasteiger partial charge on any atom is -0.394 e. The van der Waals surface area contributed by atoms with E-state index in [-0.39, 0.29) is 12.1 Å². The van der Waals surface area contributed by atoms with Crippen LogP contribution in [0.5, 0.6) is 0 Å². The predicted molar refractivity (Wildman–Crippen MR) is 59.2 cm³/mol. The Bertz CT molecular complexity index is 171. The summed E-state index contributed by atoms with van der Waals surface area (Å²) in [5.41, 5.74) is 5.81. The van der Waals surface area contributed by atoms with E-state index in [2.05, 4.69) is 18.7 Å². The highest BCUT2D eigenvalue weighted by Gasteiger charge is 2.33. The first-order chi connectivity index (χ1) is 6.65. The second-order valence-corrected chi connectivity index (χ2v) is 4.49. The van der Waals surface area contributed by atoms with Crippen molar-refractivity contribution in [2.75, 3.05) is 19.7 Å². The molecule has 0 aliphatic heterocycles. The van der Waals surface area contributed by atoms with Crippen molar-refractivity contribution in [1.29, 1.82) is 0 Å². The van der Waals surface area contributed by atoms with Crippen molar-refractivity contribution in [3.63, 3.8) is 0 Å². The second kappa shape index (κ2) is 5.10. The number of nitrogens with zero attached hydrogens (tertiary/aromatic N) is 1. The molecule has 0 radical (unpaired) electrons. The quantitative estimate of drug-likeness (QED) is 0.710. The number of nitrogens with two attached hydrogens (primary N) is 1. The standard InChI is InChI=1S/C11H24N2O/c1-3-13(4-2)10-6-5-7-11(12,8-10)9-14/h10,14H,3-9,12H2,1-2H3. The van der Waals surface area contributed by atoms with Crippen LogP contribution in [-0.4, -0.2) is 41.3 Å². The molecule has 0 bridgehead atoms. The summed E-state index contributed by atoms with van der Waals surface area (Å²) < 4.78 is 0. The Labute approximate surface area is 87.3 Å². The minimum atomic E-state index is -0.314. The van der Waals surface area contributed by atoms with Gasteiger partial charge >= 0.3 is 0 Å². The van der Waals surface area contributed by atoms with E-state index in [9.17, 15) is 5.11 Å². The molecule has 1 aliphatic carbocycles. The summed E-state index contributed by atoms with van der Waals surface area (Å²) in [4.78, 5) is 2.45. The number of hydrogen-bond donors (Lipinski definition) is 2. The van der Waals surface area contributed by atoms with Gasteiger partial charge < -0.3 is 15.7 Å². The molecule has 84 valence electrons. The summed E-state index contributed by atoms with van der Waals surface area (Å²) in [5, 5.41) is 9.25. The Morgan fingerprint density at radius 3 is 2.57 bits per heavy atom. The van der Waals surface area contributed by atoms with Gasteiger partial charge in [0.05, 0.1) is 6.61 Å². The van der Waals surface area contributed by atoms with Crippen molar-refractivity contribution in [3.05, 3.63) is 0 Å². The maximum atomic E-state index is 9.25. The average Bonchev–Trinajstić information content (AvgIpc) is 2.20. The molecule has 0 amide bonds. The Morgan fingerprint density at radius 1 is 1.43 bits per heavy atom. The van der Waals surface area contributed by atoms with Crippen LogP contribution in [0.2, 0.25) is 0 Å². The first kappa shape index (κ1) is 12.0. The van der Waals surface area contributed by atoms with Gasteiger partial charge in [-0.3, -0.25) is 0 Å². The number of rotatable bonds is 4. The maximum Gasteiger partial charge on any atom is 0.0611 e. The summed E-state index contributed by atoms with van der Waals surface area (Å²) in [6.07, 6.45) is 4.31. The molecule has 2 atom stereocenters. The fourth-order valence-corrected chi connectivity index (χ4v) is 2.56. The van der Waals surface area contributed by atoms with Gasteiger partial charge in [-0.2, -0.15) is 0 Å². The highest BCUT2D eigenvalue weighted by atomic mass is 16.3. The van der Waals surface area contributed by atoms with Gasteiger partial charge in [-0.25, -0.2) is 0 Å². The van der Waals surface area contributed by atoms with Crippen LogP contribution in [0.4, 0.5) is 0 Å². The molecule has 0 saturated heterocycles. The molecule has 2 unspecified atom stereocenters. The second-order valence-electron chi connectivity index (χ2n) is 4.49. The summed E-state index contributed by atoms with van der Waals surface area (Å²) in [7, 11) is 0. The SMILES string of the molecule is CCN(CC)C1CCCC(N)(CO)C1. The molecule has 1 fully saturated rings. The summed E-state index contributed by atoms with van der Waals surface area (Å²) in [5.74, 6) is 0. The lowest BCUT2D eigenvalue weighted by molar-refractivity contribution is 0.0868. The molecular formula is C11H24N2O. The highest BCUT2D eigenvalue weighted by molar-refractivity contribution is 4.93. The van der Waals surface area contributed by atoms with Gasteiger partial charge in [-0.15, -0.1) is 0 Å². The fraction of sp³-hybridized carbons (Fsp3) is 1.00. The van der Waals surface area contributed by atoms with Crippen molar-refractivity contribution in [3.8, 4) is 0 Å². The first-order valence-corrected chi connectivity index (χ1v) is 5.79. The molecule has 1 aliphatic rings. The van der Waals surface area contributed by atoms with Gasteiger partial charge in [0.1, 0.15) is 0 Å². The van der Waals surface area contributed by atoms with Crippen molar-refractivity contribution in [1.82, 2.24) is 4.90 Å². The molecule has 0 aromatic heterocycles. The molecule has 1 saturated carbocycles. The molecule has 3 nitrogen and oxygen atoms in total. The van der Waals surface area contributed by atoms with Crippen molar-refractivity contribution < 1.29 is 5.11 Å². The van der Waals surface area contributed by atoms with E-state index >= 15 is 0 Å². The van der Waals surface area contributed by atoms with Gasteiger partial charge in [0.2, 0.25) is 0 Å². The predicted octanol–water partition coefficient (Wildman–Crippen LogP) is 0.961. The zero-order chi connectivity index (χ0) is 10.6. The van der Waals surface area contributed by atoms with Gasteiger partial charge in [0, 0.05) is 11.6 Å². The third-order valence-corrected chi connectivity index (χ3v) is 3.50. The lowest BCUT2D eigenvalue weighted by atomic mass is 9.79. The van der Waals surface area contributed by atoms with Crippen molar-refractivity contribution in [2.24, 2.45) is 5.73 Å². The van der Waals surface area contributed by atoms with Crippen molar-refractivity contribution >= 4 is 0 Å². The van der Waals surface area contributed by atoms with E-state index in [0.717, 1.165) is 32.4 Å². The molecule has 3 heteroatoms. The first-order valence-electron chi connectivity index (χ1n) is 5.79. The van der Waals surface area contributed by atoms with Crippen LogP contribution in [0, 0.1) is 0 Å². The van der Waals surface area contributed by atoms with Crippen LogP contribution in [0.15, 0.2) is 0 Å². The molecule has 0 aromatic carbocycles. The molecule has 3 N–H and O–H groups in total. The van der Waals surface area contributed by atoms with Gasteiger partial charge in [-0.1, -0.05) is 13.8 Å². The van der Waals surface area contributed by atoms with E-state index < -0.39 is 0 Å². The third-order valence-electron chi connectivity index (χ3n) is 3.50. The van der Waals surface area contributed by atoms with Crippen molar-refractivity contribution in [2.45, 2.75) is 51.1 Å². The molecule has 14 heavy (non-hydrogen) atoms. The molecule has 0 heterocycles. The largest absolute Gasteiger partial charge is 0.394 e. The van der Waals surface area contributed by atoms with Crippen LogP contribution in [-0.2, 0) is 0 Å². The van der Waals surface area contributed by atoms with E-state index in [4.69, 9.17) is 5.73 Å². The summed E-state index contributed by atoms with van der Waals surface area (Å²) >= 11 is 0. The Balaban J connectivity index is 2.54. The van der Waals surface area contributed by atoms with E-state index in [1.807, 2.05) is 0 Å². The highest BCUT2D eigenvalue weighted by Crippen LogP contribution is 2.28. The fourth-order valence-electron chi connectivity index (χ4n) is 2.56. The zero-order valence-electron chi connectivity index (χ0n) is 9.50. The van der Waals surface area contributed by atoms with Crippen LogP contribution >= 0.6 is 0 Å². The molecular weight excluding hydrogens is 176 g/mol. The lowest BCUT2D eigenvalue weighted by Crippen LogP contribution is -2.53. The monoisotopic (exact) mass is 200 g/mol. The average molecular weight is 200 g/mol. The Morgan fingerprint density at radius 2 is 2.07 bits per heavy atom. The van der Waals surface area contributed by atoms with E-state index in [0.29, 0.717) is 6.04 Å². The normalized spacial score (nSPS) is 33.6. The molecule has 1 rings (SSSR count). The van der Waals surface area contributed by atoms with Crippen LogP contribution < -0.4 is 5.73 Å².